The van der Waals surface area contributed by atoms with E-state index >= 15 is 0 Å². The molecule has 0 unspecified atom stereocenters. The van der Waals surface area contributed by atoms with Crippen LogP contribution in [0.25, 0.3) is 0 Å². The highest BCUT2D eigenvalue weighted by Crippen LogP contribution is 2.34. The van der Waals surface area contributed by atoms with Crippen molar-refractivity contribution in [3.63, 3.8) is 0 Å². The number of nitrogen functional groups attached to an aromatic ring is 1. The van der Waals surface area contributed by atoms with Gasteiger partial charge in [-0.05, 0) is 36.8 Å². The first-order chi connectivity index (χ1) is 9.72. The number of halogens is 3. The Morgan fingerprint density at radius 3 is 2.48 bits per heavy atom. The summed E-state index contributed by atoms with van der Waals surface area (Å²) >= 11 is 11.6. The Morgan fingerprint density at radius 1 is 1.19 bits per heavy atom. The number of hydrogen-bond donors (Lipinski definition) is 2. The van der Waals surface area contributed by atoms with E-state index in [1.165, 1.54) is 24.3 Å². The van der Waals surface area contributed by atoms with Gasteiger partial charge in [-0.15, -0.1) is 0 Å². The van der Waals surface area contributed by atoms with Gasteiger partial charge in [0.15, 0.2) is 0 Å². The van der Waals surface area contributed by atoms with E-state index in [0.29, 0.717) is 5.56 Å². The number of nitrogens with one attached hydrogen (secondary N) is 1. The monoisotopic (exact) mass is 348 g/mol. The molecule has 0 saturated heterocycles. The average molecular weight is 349 g/mol. The summed E-state index contributed by atoms with van der Waals surface area (Å²) in [6.45, 7) is 1.69. The Kier molecular flexibility index (Phi) is 4.32. The molecule has 0 radical (unpaired) electrons. The maximum Gasteiger partial charge on any atom is 0.263 e. The van der Waals surface area contributed by atoms with Crippen molar-refractivity contribution in [2.24, 2.45) is 0 Å². The van der Waals surface area contributed by atoms with Crippen LogP contribution in [0, 0.1) is 12.7 Å². The third-order valence-corrected chi connectivity index (χ3v) is 5.01. The molecular weight excluding hydrogens is 338 g/mol. The zero-order valence-corrected chi connectivity index (χ0v) is 13.2. The highest BCUT2D eigenvalue weighted by molar-refractivity contribution is 7.92. The van der Waals surface area contributed by atoms with E-state index in [0.717, 1.165) is 0 Å². The van der Waals surface area contributed by atoms with E-state index in [-0.39, 0.29) is 26.3 Å². The van der Waals surface area contributed by atoms with Crippen LogP contribution in [-0.2, 0) is 10.0 Å². The molecule has 2 rings (SSSR count). The topological polar surface area (TPSA) is 72.2 Å². The third kappa shape index (κ3) is 3.23. The fourth-order valence-corrected chi connectivity index (χ4v) is 3.49. The molecule has 3 N–H and O–H groups in total. The molecule has 0 saturated carbocycles. The lowest BCUT2D eigenvalue weighted by Gasteiger charge is -2.12. The molecule has 0 aromatic heterocycles. The Morgan fingerprint density at radius 2 is 1.86 bits per heavy atom. The van der Waals surface area contributed by atoms with Gasteiger partial charge in [0.1, 0.15) is 10.7 Å². The van der Waals surface area contributed by atoms with Crippen LogP contribution in [0.15, 0.2) is 35.2 Å². The summed E-state index contributed by atoms with van der Waals surface area (Å²) in [5, 5.41) is -0.0667. The van der Waals surface area contributed by atoms with Crippen LogP contribution in [0.4, 0.5) is 15.8 Å². The molecule has 0 bridgehead atoms. The van der Waals surface area contributed by atoms with Crippen molar-refractivity contribution in [2.75, 3.05) is 10.5 Å². The summed E-state index contributed by atoms with van der Waals surface area (Å²) in [4.78, 5) is -0.272. The fraction of sp³-hybridized carbons (Fsp3) is 0.0769. The van der Waals surface area contributed by atoms with Gasteiger partial charge < -0.3 is 5.73 Å². The molecule has 21 heavy (non-hydrogen) atoms. The summed E-state index contributed by atoms with van der Waals surface area (Å²) in [5.74, 6) is -0.684. The van der Waals surface area contributed by atoms with Crippen LogP contribution in [0.2, 0.25) is 10.0 Å². The lowest BCUT2D eigenvalue weighted by molar-refractivity contribution is 0.598. The molecule has 0 atom stereocenters. The molecule has 0 aliphatic heterocycles. The predicted molar refractivity (Wildman–Crippen MR) is 82.8 cm³/mol. The molecule has 2 aromatic carbocycles. The third-order valence-electron chi connectivity index (χ3n) is 2.75. The number of nitrogens with two attached hydrogens (primary N) is 1. The van der Waals surface area contributed by atoms with Crippen LogP contribution in [-0.4, -0.2) is 8.42 Å². The first kappa shape index (κ1) is 15.9. The maximum absolute atomic E-state index is 13.7. The summed E-state index contributed by atoms with van der Waals surface area (Å²) in [6, 6.07) is 6.64. The predicted octanol–water partition coefficient (Wildman–Crippen LogP) is 3.82. The highest BCUT2D eigenvalue weighted by Gasteiger charge is 2.22. The molecule has 0 fully saturated rings. The molecule has 8 heteroatoms. The standard InChI is InChI=1S/C13H11Cl2FN2O2S/c1-7-2-4-10(9(16)6-7)18-21(19,20)11-5-3-8(14)13(17)12(11)15/h2-6,18H,17H2,1H3. The molecule has 0 aliphatic rings. The Hall–Kier alpha value is -1.50. The van der Waals surface area contributed by atoms with Crippen LogP contribution in [0.5, 0.6) is 0 Å². The van der Waals surface area contributed by atoms with E-state index in [1.54, 1.807) is 13.0 Å². The molecule has 0 aliphatic carbocycles. The van der Waals surface area contributed by atoms with Gasteiger partial charge >= 0.3 is 0 Å². The smallest absolute Gasteiger partial charge is 0.263 e. The first-order valence-corrected chi connectivity index (χ1v) is 7.99. The minimum Gasteiger partial charge on any atom is -0.396 e. The lowest BCUT2D eigenvalue weighted by Crippen LogP contribution is -2.15. The van der Waals surface area contributed by atoms with Gasteiger partial charge in [-0.25, -0.2) is 12.8 Å². The van der Waals surface area contributed by atoms with Gasteiger partial charge in [0, 0.05) is 0 Å². The van der Waals surface area contributed by atoms with Crippen molar-refractivity contribution >= 4 is 44.6 Å². The van der Waals surface area contributed by atoms with E-state index in [1.807, 2.05) is 0 Å². The Balaban J connectivity index is 2.46. The average Bonchev–Trinajstić information content (AvgIpc) is 2.39. The fourth-order valence-electron chi connectivity index (χ4n) is 1.66. The maximum atomic E-state index is 13.7. The van der Waals surface area contributed by atoms with Gasteiger partial charge in [-0.3, -0.25) is 4.72 Å². The van der Waals surface area contributed by atoms with Gasteiger partial charge in [0.2, 0.25) is 0 Å². The number of sulfonamides is 1. The Bertz CT molecular complexity index is 810. The zero-order valence-electron chi connectivity index (χ0n) is 10.8. The summed E-state index contributed by atoms with van der Waals surface area (Å²) in [6.07, 6.45) is 0. The van der Waals surface area contributed by atoms with Crippen molar-refractivity contribution in [3.8, 4) is 0 Å². The van der Waals surface area contributed by atoms with Crippen LogP contribution < -0.4 is 10.5 Å². The molecular formula is C13H11Cl2FN2O2S. The molecule has 0 spiro atoms. The SMILES string of the molecule is Cc1ccc(NS(=O)(=O)c2ccc(Cl)c(N)c2Cl)c(F)c1. The van der Waals surface area contributed by atoms with Gasteiger partial charge in [0.05, 0.1) is 21.4 Å². The van der Waals surface area contributed by atoms with E-state index in [4.69, 9.17) is 28.9 Å². The van der Waals surface area contributed by atoms with E-state index in [2.05, 4.69) is 4.72 Å². The van der Waals surface area contributed by atoms with Crippen LogP contribution in [0.1, 0.15) is 5.56 Å². The molecule has 0 heterocycles. The normalized spacial score (nSPS) is 11.4. The Labute approximate surface area is 131 Å². The van der Waals surface area contributed by atoms with Crippen molar-refractivity contribution in [3.05, 3.63) is 51.8 Å². The number of rotatable bonds is 3. The van der Waals surface area contributed by atoms with Crippen molar-refractivity contribution < 1.29 is 12.8 Å². The van der Waals surface area contributed by atoms with Gasteiger partial charge in [-0.2, -0.15) is 0 Å². The number of hydrogen-bond acceptors (Lipinski definition) is 3. The highest BCUT2D eigenvalue weighted by atomic mass is 35.5. The first-order valence-electron chi connectivity index (χ1n) is 5.75. The second kappa shape index (κ2) is 5.71. The summed E-state index contributed by atoms with van der Waals surface area (Å²) in [7, 11) is -4.08. The second-order valence-electron chi connectivity index (χ2n) is 4.36. The quantitative estimate of drug-likeness (QED) is 0.828. The molecule has 2 aromatic rings. The molecule has 112 valence electrons. The summed E-state index contributed by atoms with van der Waals surface area (Å²) < 4.78 is 40.4. The minimum atomic E-state index is -4.08. The minimum absolute atomic E-state index is 0.0504. The summed E-state index contributed by atoms with van der Waals surface area (Å²) in [5.41, 5.74) is 6.04. The number of benzene rings is 2. The van der Waals surface area contributed by atoms with Crippen LogP contribution in [0.3, 0.4) is 0 Å². The van der Waals surface area contributed by atoms with E-state index < -0.39 is 15.8 Å². The van der Waals surface area contributed by atoms with E-state index in [9.17, 15) is 12.8 Å². The number of anilines is 2. The van der Waals surface area contributed by atoms with Crippen molar-refractivity contribution in [2.45, 2.75) is 11.8 Å². The zero-order chi connectivity index (χ0) is 15.8. The number of aryl methyl sites for hydroxylation is 1. The molecule has 0 amide bonds. The lowest BCUT2D eigenvalue weighted by atomic mass is 10.2. The van der Waals surface area contributed by atoms with Crippen molar-refractivity contribution in [1.82, 2.24) is 0 Å². The van der Waals surface area contributed by atoms with Crippen molar-refractivity contribution in [1.29, 1.82) is 0 Å². The largest absolute Gasteiger partial charge is 0.396 e. The van der Waals surface area contributed by atoms with Gasteiger partial charge in [-0.1, -0.05) is 29.3 Å². The van der Waals surface area contributed by atoms with Gasteiger partial charge in [0.25, 0.3) is 10.0 Å². The second-order valence-corrected chi connectivity index (χ2v) is 6.80. The van der Waals surface area contributed by atoms with Crippen LogP contribution >= 0.6 is 23.2 Å². The molecule has 4 nitrogen and oxygen atoms in total.